The number of aromatic carboxylic acids is 1. The number of carbonyl (C=O) groups is 4. The van der Waals surface area contributed by atoms with Crippen LogP contribution in [0.25, 0.3) is 0 Å². The lowest BCUT2D eigenvalue weighted by Crippen LogP contribution is -2.48. The Balaban J connectivity index is 1.46. The fraction of sp³-hybridized carbons (Fsp3) is 0.238. The van der Waals surface area contributed by atoms with Crippen LogP contribution in [0.3, 0.4) is 0 Å². The smallest absolute Gasteiger partial charge is 0.335 e. The molecule has 2 heterocycles. The van der Waals surface area contributed by atoms with Gasteiger partial charge in [-0.2, -0.15) is 0 Å². The van der Waals surface area contributed by atoms with Gasteiger partial charge in [0.15, 0.2) is 5.37 Å². The van der Waals surface area contributed by atoms with Gasteiger partial charge in [0.25, 0.3) is 5.91 Å². The zero-order valence-electron chi connectivity index (χ0n) is 17.2. The monoisotopic (exact) mass is 533 g/mol. The fourth-order valence-corrected chi connectivity index (χ4v) is 5.47. The highest BCUT2D eigenvalue weighted by Gasteiger charge is 2.38. The number of benzene rings is 2. The quantitative estimate of drug-likeness (QED) is 0.475. The summed E-state index contributed by atoms with van der Waals surface area (Å²) in [7, 11) is 0. The first-order valence-corrected chi connectivity index (χ1v) is 11.8. The fourth-order valence-electron chi connectivity index (χ4n) is 3.86. The number of carboxylic acid groups (broad SMARTS) is 1. The number of nitrogens with one attached hydrogen (secondary N) is 2. The largest absolute Gasteiger partial charge is 0.478 e. The van der Waals surface area contributed by atoms with Crippen molar-refractivity contribution in [1.29, 1.82) is 0 Å². The van der Waals surface area contributed by atoms with E-state index in [4.69, 9.17) is 5.73 Å². The number of carbonyl (C=O) groups excluding carboxylic acids is 3. The molecule has 5 amide bonds. The van der Waals surface area contributed by atoms with Gasteiger partial charge >= 0.3 is 18.0 Å². The first-order chi connectivity index (χ1) is 15.7. The van der Waals surface area contributed by atoms with Crippen molar-refractivity contribution in [1.82, 2.24) is 10.2 Å². The van der Waals surface area contributed by atoms with E-state index in [-0.39, 0.29) is 12.1 Å². The summed E-state index contributed by atoms with van der Waals surface area (Å²) < 4.78 is 0.505. The third kappa shape index (κ3) is 4.76. The minimum atomic E-state index is -1.12. The zero-order valence-corrected chi connectivity index (χ0v) is 19.6. The first-order valence-electron chi connectivity index (χ1n) is 9.94. The number of primary amides is 1. The number of anilines is 2. The molecule has 2 aromatic rings. The second-order valence-electron chi connectivity index (χ2n) is 7.45. The van der Waals surface area contributed by atoms with Crippen molar-refractivity contribution >= 4 is 63.0 Å². The molecular formula is C21H20BrN5O5S. The molecule has 0 spiro atoms. The molecule has 4 rings (SSSR count). The van der Waals surface area contributed by atoms with Crippen molar-refractivity contribution in [3.05, 3.63) is 58.1 Å². The van der Waals surface area contributed by atoms with Crippen molar-refractivity contribution in [2.45, 2.75) is 11.4 Å². The molecule has 2 aliphatic rings. The predicted molar refractivity (Wildman–Crippen MR) is 127 cm³/mol. The van der Waals surface area contributed by atoms with Gasteiger partial charge in [-0.05, 0) is 24.3 Å². The minimum absolute atomic E-state index is 0.0206. The van der Waals surface area contributed by atoms with Gasteiger partial charge in [0.05, 0.1) is 23.8 Å². The number of nitrogens with two attached hydrogens (primary N) is 1. The summed E-state index contributed by atoms with van der Waals surface area (Å²) in [5, 5.41) is 14.0. The third-order valence-corrected chi connectivity index (χ3v) is 6.98. The Bertz CT molecular complexity index is 1150. The molecule has 172 valence electrons. The standard InChI is InChI=1S/C21H20BrN5O5S/c22-12-7-11(19(29)30)8-13(9-12)24-17(28)18-26(5-6-33-18)21(32)25-15-10-27(20(23)31)16-4-2-1-3-14(15)16/h1-4,7-9,15,18H,5-6,10H2,(H2,23,31)(H,24,28)(H,25,32)(H,29,30)/t15?,18-/m0/s1. The Labute approximate surface area is 201 Å². The molecule has 0 saturated carbocycles. The summed E-state index contributed by atoms with van der Waals surface area (Å²) in [6.07, 6.45) is 0. The van der Waals surface area contributed by atoms with Crippen LogP contribution in [0.2, 0.25) is 0 Å². The Hall–Kier alpha value is -3.25. The van der Waals surface area contributed by atoms with Gasteiger partial charge in [0.2, 0.25) is 0 Å². The van der Waals surface area contributed by atoms with Crippen LogP contribution in [0.15, 0.2) is 46.9 Å². The molecule has 2 aliphatic heterocycles. The molecule has 2 atom stereocenters. The molecule has 12 heteroatoms. The lowest BCUT2D eigenvalue weighted by Gasteiger charge is -2.25. The molecule has 1 unspecified atom stereocenters. The maximum Gasteiger partial charge on any atom is 0.335 e. The summed E-state index contributed by atoms with van der Waals surface area (Å²) in [4.78, 5) is 51.8. The van der Waals surface area contributed by atoms with E-state index in [1.807, 2.05) is 12.1 Å². The molecule has 1 fully saturated rings. The van der Waals surface area contributed by atoms with Crippen molar-refractivity contribution in [2.24, 2.45) is 5.73 Å². The molecule has 0 aromatic heterocycles. The van der Waals surface area contributed by atoms with Crippen LogP contribution in [0, 0.1) is 0 Å². The van der Waals surface area contributed by atoms with E-state index in [1.165, 1.54) is 33.7 Å². The van der Waals surface area contributed by atoms with Gasteiger partial charge < -0.3 is 26.4 Å². The normalized spacial score (nSPS) is 19.2. The average Bonchev–Trinajstić information content (AvgIpc) is 3.39. The van der Waals surface area contributed by atoms with Crippen LogP contribution in [0.1, 0.15) is 22.0 Å². The van der Waals surface area contributed by atoms with E-state index in [0.29, 0.717) is 28.1 Å². The minimum Gasteiger partial charge on any atom is -0.478 e. The summed E-state index contributed by atoms with van der Waals surface area (Å²) in [5.74, 6) is -0.989. The SMILES string of the molecule is NC(=O)N1CC(NC(=O)N2CCS[C@H]2C(=O)Nc2cc(Br)cc(C(=O)O)c2)c2ccccc21. The highest BCUT2D eigenvalue weighted by molar-refractivity contribution is 9.10. The van der Waals surface area contributed by atoms with E-state index < -0.39 is 35.4 Å². The highest BCUT2D eigenvalue weighted by Crippen LogP contribution is 2.35. The number of thioether (sulfide) groups is 1. The Morgan fingerprint density at radius 2 is 1.91 bits per heavy atom. The molecule has 0 radical (unpaired) electrons. The second kappa shape index (κ2) is 9.32. The van der Waals surface area contributed by atoms with Crippen LogP contribution >= 0.6 is 27.7 Å². The van der Waals surface area contributed by atoms with Gasteiger partial charge in [0.1, 0.15) is 0 Å². The third-order valence-electron chi connectivity index (χ3n) is 5.32. The number of carboxylic acids is 1. The summed E-state index contributed by atoms with van der Waals surface area (Å²) in [6, 6.07) is 10.0. The average molecular weight is 534 g/mol. The van der Waals surface area contributed by atoms with Crippen molar-refractivity contribution in [3.8, 4) is 0 Å². The summed E-state index contributed by atoms with van der Waals surface area (Å²) in [6.45, 7) is 0.565. The first kappa shape index (κ1) is 22.9. The van der Waals surface area contributed by atoms with E-state index >= 15 is 0 Å². The number of fused-ring (bicyclic) bond motifs is 1. The van der Waals surface area contributed by atoms with E-state index in [1.54, 1.807) is 18.2 Å². The maximum atomic E-state index is 13.1. The van der Waals surface area contributed by atoms with E-state index in [0.717, 1.165) is 5.56 Å². The Morgan fingerprint density at radius 3 is 2.64 bits per heavy atom. The lowest BCUT2D eigenvalue weighted by atomic mass is 10.1. The zero-order chi connectivity index (χ0) is 23.7. The van der Waals surface area contributed by atoms with Crippen molar-refractivity contribution < 1.29 is 24.3 Å². The van der Waals surface area contributed by atoms with Crippen molar-refractivity contribution in [3.63, 3.8) is 0 Å². The highest BCUT2D eigenvalue weighted by atomic mass is 79.9. The molecule has 0 aliphatic carbocycles. The second-order valence-corrected chi connectivity index (χ2v) is 9.55. The Morgan fingerprint density at radius 1 is 1.15 bits per heavy atom. The van der Waals surface area contributed by atoms with Gasteiger partial charge in [-0.15, -0.1) is 11.8 Å². The Kier molecular flexibility index (Phi) is 6.47. The number of hydrogen-bond donors (Lipinski definition) is 4. The number of halogens is 1. The molecular weight excluding hydrogens is 514 g/mol. The molecule has 2 aromatic carbocycles. The van der Waals surface area contributed by atoms with Gasteiger partial charge in [-0.25, -0.2) is 14.4 Å². The molecule has 5 N–H and O–H groups in total. The molecule has 10 nitrogen and oxygen atoms in total. The van der Waals surface area contributed by atoms with Crippen LogP contribution in [0.4, 0.5) is 21.0 Å². The topological polar surface area (TPSA) is 145 Å². The van der Waals surface area contributed by atoms with Gasteiger partial charge in [0, 0.05) is 28.0 Å². The predicted octanol–water partition coefficient (Wildman–Crippen LogP) is 2.81. The van der Waals surface area contributed by atoms with Crippen molar-refractivity contribution in [2.75, 3.05) is 29.1 Å². The summed E-state index contributed by atoms with van der Waals surface area (Å²) in [5.41, 5.74) is 7.21. The van der Waals surface area contributed by atoms with Crippen LogP contribution in [-0.2, 0) is 4.79 Å². The van der Waals surface area contributed by atoms with Crippen LogP contribution in [-0.4, -0.2) is 58.2 Å². The molecule has 33 heavy (non-hydrogen) atoms. The number of urea groups is 2. The van der Waals surface area contributed by atoms with E-state index in [9.17, 15) is 24.3 Å². The maximum absolute atomic E-state index is 13.1. The number of hydrogen-bond acceptors (Lipinski definition) is 5. The lowest BCUT2D eigenvalue weighted by molar-refractivity contribution is -0.117. The molecule has 0 bridgehead atoms. The van der Waals surface area contributed by atoms with Crippen LogP contribution in [0.5, 0.6) is 0 Å². The number of rotatable bonds is 4. The van der Waals surface area contributed by atoms with E-state index in [2.05, 4.69) is 26.6 Å². The number of amides is 5. The van der Waals surface area contributed by atoms with Gasteiger partial charge in [-0.1, -0.05) is 34.1 Å². The van der Waals surface area contributed by atoms with Gasteiger partial charge in [-0.3, -0.25) is 9.69 Å². The molecule has 1 saturated heterocycles. The number of para-hydroxylation sites is 1. The van der Waals surface area contributed by atoms with Crippen LogP contribution < -0.4 is 21.3 Å². The summed E-state index contributed by atoms with van der Waals surface area (Å²) >= 11 is 4.55. The number of nitrogens with zero attached hydrogens (tertiary/aromatic N) is 2.